The molecule has 0 saturated heterocycles. The molecule has 1 N–H and O–H groups in total. The molecule has 0 aliphatic carbocycles. The standard InChI is InChI=1S/C17H11FN2O3/c18-12-6-2-3-7-13(12)19-17(21)15-11-9-22-14-8-4-1-5-10(14)16(11)23-20-15/h1-8H,9H2,(H,19,21). The van der Waals surface area contributed by atoms with Crippen LogP contribution in [0.3, 0.4) is 0 Å². The number of ether oxygens (including phenoxy) is 1. The second-order valence-electron chi connectivity index (χ2n) is 5.06. The smallest absolute Gasteiger partial charge is 0.278 e. The molecule has 2 aromatic carbocycles. The molecule has 114 valence electrons. The predicted molar refractivity (Wildman–Crippen MR) is 80.6 cm³/mol. The first kappa shape index (κ1) is 13.5. The molecule has 0 bridgehead atoms. The van der Waals surface area contributed by atoms with E-state index in [0.29, 0.717) is 17.1 Å². The van der Waals surface area contributed by atoms with Crippen LogP contribution >= 0.6 is 0 Å². The number of hydrogen-bond acceptors (Lipinski definition) is 4. The number of carbonyl (C=O) groups is 1. The van der Waals surface area contributed by atoms with Gasteiger partial charge >= 0.3 is 0 Å². The van der Waals surface area contributed by atoms with Gasteiger partial charge in [0.25, 0.3) is 5.91 Å². The van der Waals surface area contributed by atoms with E-state index in [1.807, 2.05) is 24.3 Å². The SMILES string of the molecule is O=C(Nc1ccccc1F)c1noc2c1COc1ccccc1-2. The summed E-state index contributed by atoms with van der Waals surface area (Å²) in [7, 11) is 0. The highest BCUT2D eigenvalue weighted by Gasteiger charge is 2.28. The number of halogens is 1. The Morgan fingerprint density at radius 3 is 2.78 bits per heavy atom. The van der Waals surface area contributed by atoms with Crippen LogP contribution in [-0.2, 0) is 6.61 Å². The molecule has 0 unspecified atom stereocenters. The zero-order valence-corrected chi connectivity index (χ0v) is 11.9. The van der Waals surface area contributed by atoms with Gasteiger partial charge in [0, 0.05) is 0 Å². The van der Waals surface area contributed by atoms with Crippen LogP contribution in [0.15, 0.2) is 53.1 Å². The Bertz CT molecular complexity index is 904. The molecule has 6 heteroatoms. The van der Waals surface area contributed by atoms with Crippen molar-refractivity contribution in [2.75, 3.05) is 5.32 Å². The van der Waals surface area contributed by atoms with E-state index >= 15 is 0 Å². The van der Waals surface area contributed by atoms with Crippen molar-refractivity contribution >= 4 is 11.6 Å². The maximum absolute atomic E-state index is 13.6. The number of aromatic nitrogens is 1. The first-order valence-electron chi connectivity index (χ1n) is 7.00. The molecule has 0 atom stereocenters. The van der Waals surface area contributed by atoms with Crippen molar-refractivity contribution in [1.29, 1.82) is 0 Å². The van der Waals surface area contributed by atoms with Crippen LogP contribution in [0.2, 0.25) is 0 Å². The number of carbonyl (C=O) groups excluding carboxylic acids is 1. The van der Waals surface area contributed by atoms with E-state index in [-0.39, 0.29) is 18.0 Å². The molecule has 1 amide bonds. The molecule has 5 nitrogen and oxygen atoms in total. The minimum atomic E-state index is -0.539. The van der Waals surface area contributed by atoms with Crippen LogP contribution in [0.1, 0.15) is 16.1 Å². The van der Waals surface area contributed by atoms with Crippen molar-refractivity contribution < 1.29 is 18.4 Å². The average molecular weight is 310 g/mol. The quantitative estimate of drug-likeness (QED) is 0.785. The highest BCUT2D eigenvalue weighted by atomic mass is 19.1. The maximum atomic E-state index is 13.6. The van der Waals surface area contributed by atoms with Gasteiger partial charge in [-0.3, -0.25) is 4.79 Å². The van der Waals surface area contributed by atoms with Crippen molar-refractivity contribution in [3.05, 3.63) is 65.6 Å². The molecular formula is C17H11FN2O3. The highest BCUT2D eigenvalue weighted by molar-refractivity contribution is 6.04. The van der Waals surface area contributed by atoms with Crippen LogP contribution < -0.4 is 10.1 Å². The van der Waals surface area contributed by atoms with E-state index < -0.39 is 11.7 Å². The second-order valence-corrected chi connectivity index (χ2v) is 5.06. The summed E-state index contributed by atoms with van der Waals surface area (Å²) >= 11 is 0. The monoisotopic (exact) mass is 310 g/mol. The van der Waals surface area contributed by atoms with Gasteiger partial charge < -0.3 is 14.6 Å². The van der Waals surface area contributed by atoms with Gasteiger partial charge in [-0.25, -0.2) is 4.39 Å². The van der Waals surface area contributed by atoms with E-state index in [0.717, 1.165) is 5.56 Å². The fourth-order valence-corrected chi connectivity index (χ4v) is 2.51. The normalized spacial score (nSPS) is 12.0. The Hall–Kier alpha value is -3.15. The van der Waals surface area contributed by atoms with Crippen molar-refractivity contribution in [3.8, 4) is 17.1 Å². The molecule has 0 spiro atoms. The minimum Gasteiger partial charge on any atom is -0.488 e. The van der Waals surface area contributed by atoms with E-state index in [4.69, 9.17) is 9.26 Å². The van der Waals surface area contributed by atoms with Gasteiger partial charge in [0.1, 0.15) is 18.2 Å². The largest absolute Gasteiger partial charge is 0.488 e. The van der Waals surface area contributed by atoms with Crippen molar-refractivity contribution in [3.63, 3.8) is 0 Å². The summed E-state index contributed by atoms with van der Waals surface area (Å²) in [5, 5.41) is 6.33. The topological polar surface area (TPSA) is 64.4 Å². The molecule has 0 fully saturated rings. The predicted octanol–water partition coefficient (Wildman–Crippen LogP) is 3.63. The maximum Gasteiger partial charge on any atom is 0.278 e. The number of para-hydroxylation sites is 2. The van der Waals surface area contributed by atoms with Gasteiger partial charge in [0.2, 0.25) is 0 Å². The zero-order valence-electron chi connectivity index (χ0n) is 11.9. The zero-order chi connectivity index (χ0) is 15.8. The number of rotatable bonds is 2. The number of nitrogens with zero attached hydrogens (tertiary/aromatic N) is 1. The second kappa shape index (κ2) is 5.24. The number of benzene rings is 2. The van der Waals surface area contributed by atoms with Gasteiger partial charge in [0.05, 0.1) is 16.8 Å². The fraction of sp³-hybridized carbons (Fsp3) is 0.0588. The average Bonchev–Trinajstić information content (AvgIpc) is 3.01. The lowest BCUT2D eigenvalue weighted by Crippen LogP contribution is -2.17. The van der Waals surface area contributed by atoms with Gasteiger partial charge in [-0.15, -0.1) is 0 Å². The van der Waals surface area contributed by atoms with Gasteiger partial charge in [-0.05, 0) is 24.3 Å². The van der Waals surface area contributed by atoms with Gasteiger partial charge in [-0.2, -0.15) is 0 Å². The third kappa shape index (κ3) is 2.24. The summed E-state index contributed by atoms with van der Waals surface area (Å²) in [5.74, 6) is 0.130. The van der Waals surface area contributed by atoms with Crippen LogP contribution in [0.5, 0.6) is 5.75 Å². The molecule has 0 saturated carbocycles. The Balaban J connectivity index is 1.69. The lowest BCUT2D eigenvalue weighted by Gasteiger charge is -2.15. The molecule has 0 radical (unpaired) electrons. The third-order valence-electron chi connectivity index (χ3n) is 3.63. The van der Waals surface area contributed by atoms with E-state index in [2.05, 4.69) is 10.5 Å². The van der Waals surface area contributed by atoms with Crippen molar-refractivity contribution in [1.82, 2.24) is 5.16 Å². The summed E-state index contributed by atoms with van der Waals surface area (Å²) in [6, 6.07) is 13.3. The lowest BCUT2D eigenvalue weighted by molar-refractivity contribution is 0.101. The Labute approximate surface area is 130 Å². The summed E-state index contributed by atoms with van der Waals surface area (Å²) in [6.07, 6.45) is 0. The van der Waals surface area contributed by atoms with Crippen LogP contribution in [0.4, 0.5) is 10.1 Å². The molecule has 1 aliphatic rings. The lowest BCUT2D eigenvalue weighted by atomic mass is 10.0. The molecule has 1 aliphatic heterocycles. The number of anilines is 1. The number of fused-ring (bicyclic) bond motifs is 3. The fourth-order valence-electron chi connectivity index (χ4n) is 2.51. The number of hydrogen-bond donors (Lipinski definition) is 1. The molecular weight excluding hydrogens is 299 g/mol. The van der Waals surface area contributed by atoms with Crippen molar-refractivity contribution in [2.24, 2.45) is 0 Å². The first-order chi connectivity index (χ1) is 11.2. The Morgan fingerprint density at radius 1 is 1.13 bits per heavy atom. The van der Waals surface area contributed by atoms with Crippen LogP contribution in [-0.4, -0.2) is 11.1 Å². The van der Waals surface area contributed by atoms with E-state index in [9.17, 15) is 9.18 Å². The van der Waals surface area contributed by atoms with Crippen molar-refractivity contribution in [2.45, 2.75) is 6.61 Å². The molecule has 1 aromatic heterocycles. The number of amides is 1. The number of nitrogens with one attached hydrogen (secondary N) is 1. The van der Waals surface area contributed by atoms with Crippen LogP contribution in [0, 0.1) is 5.82 Å². The molecule has 23 heavy (non-hydrogen) atoms. The Kier molecular flexibility index (Phi) is 3.08. The third-order valence-corrected chi connectivity index (χ3v) is 3.63. The van der Waals surface area contributed by atoms with E-state index in [1.54, 1.807) is 12.1 Å². The molecule has 4 rings (SSSR count). The summed E-state index contributed by atoms with van der Waals surface area (Å²) in [4.78, 5) is 12.4. The summed E-state index contributed by atoms with van der Waals surface area (Å²) < 4.78 is 24.6. The van der Waals surface area contributed by atoms with E-state index in [1.165, 1.54) is 12.1 Å². The van der Waals surface area contributed by atoms with Crippen LogP contribution in [0.25, 0.3) is 11.3 Å². The summed E-state index contributed by atoms with van der Waals surface area (Å²) in [5.41, 5.74) is 1.48. The van der Waals surface area contributed by atoms with Gasteiger partial charge in [-0.1, -0.05) is 29.4 Å². The summed E-state index contributed by atoms with van der Waals surface area (Å²) in [6.45, 7) is 0.176. The van der Waals surface area contributed by atoms with Gasteiger partial charge in [0.15, 0.2) is 11.5 Å². The highest BCUT2D eigenvalue weighted by Crippen LogP contribution is 2.38. The molecule has 2 heterocycles. The molecule has 3 aromatic rings. The minimum absolute atomic E-state index is 0.0892. The Morgan fingerprint density at radius 2 is 1.91 bits per heavy atom. The first-order valence-corrected chi connectivity index (χ1v) is 7.00.